The van der Waals surface area contributed by atoms with Gasteiger partial charge in [0.15, 0.2) is 13.2 Å². The maximum Gasteiger partial charge on any atom is 0.335 e. The summed E-state index contributed by atoms with van der Waals surface area (Å²) < 4.78 is 11.1. The zero-order valence-corrected chi connectivity index (χ0v) is 20.1. The average Bonchev–Trinajstić information content (AvgIpc) is 2.77. The number of ether oxygens (including phenoxy) is 2. The van der Waals surface area contributed by atoms with Crippen molar-refractivity contribution in [2.45, 2.75) is 27.7 Å². The Labute approximate surface area is 203 Å². The lowest BCUT2D eigenvalue weighted by Crippen LogP contribution is -2.22. The average molecular weight is 477 g/mol. The van der Waals surface area contributed by atoms with Gasteiger partial charge < -0.3 is 25.2 Å². The Morgan fingerprint density at radius 2 is 1.11 bits per heavy atom. The molecule has 0 fully saturated rings. The van der Waals surface area contributed by atoms with Gasteiger partial charge in [-0.15, -0.1) is 0 Å². The molecule has 0 aliphatic rings. The van der Waals surface area contributed by atoms with E-state index < -0.39 is 17.8 Å². The Balaban J connectivity index is 1.64. The molecule has 182 valence electrons. The molecule has 3 aromatic carbocycles. The second-order valence-electron chi connectivity index (χ2n) is 8.32. The van der Waals surface area contributed by atoms with E-state index in [1.165, 1.54) is 18.2 Å². The molecule has 0 saturated heterocycles. The van der Waals surface area contributed by atoms with Gasteiger partial charge in [0, 0.05) is 11.4 Å². The lowest BCUT2D eigenvalue weighted by Gasteiger charge is -2.13. The zero-order valence-electron chi connectivity index (χ0n) is 20.1. The first-order chi connectivity index (χ1) is 16.6. The number of rotatable bonds is 9. The number of aryl methyl sites for hydroxylation is 4. The lowest BCUT2D eigenvalue weighted by atomic mass is 10.1. The lowest BCUT2D eigenvalue weighted by molar-refractivity contribution is -0.118. The van der Waals surface area contributed by atoms with E-state index in [1.807, 2.05) is 52.0 Å². The van der Waals surface area contributed by atoms with Crippen LogP contribution in [0.4, 0.5) is 11.4 Å². The highest BCUT2D eigenvalue weighted by molar-refractivity contribution is 5.98. The summed E-state index contributed by atoms with van der Waals surface area (Å²) in [5.74, 6) is -0.968. The van der Waals surface area contributed by atoms with E-state index in [0.29, 0.717) is 11.5 Å². The monoisotopic (exact) mass is 476 g/mol. The van der Waals surface area contributed by atoms with Gasteiger partial charge in [-0.25, -0.2) is 4.79 Å². The van der Waals surface area contributed by atoms with Crippen LogP contribution in [0, 0.1) is 27.7 Å². The van der Waals surface area contributed by atoms with Crippen molar-refractivity contribution in [3.05, 3.63) is 82.4 Å². The molecule has 35 heavy (non-hydrogen) atoms. The van der Waals surface area contributed by atoms with E-state index in [4.69, 9.17) is 9.47 Å². The van der Waals surface area contributed by atoms with Crippen molar-refractivity contribution in [2.75, 3.05) is 23.8 Å². The molecular formula is C27H28N2O6. The Bertz CT molecular complexity index is 1180. The molecule has 0 heterocycles. The minimum absolute atomic E-state index is 0.0938. The third-order valence-electron chi connectivity index (χ3n) is 5.13. The van der Waals surface area contributed by atoms with Crippen molar-refractivity contribution in [3.8, 4) is 11.5 Å². The predicted octanol–water partition coefficient (Wildman–Crippen LogP) is 4.65. The Morgan fingerprint density at radius 1 is 0.686 bits per heavy atom. The maximum atomic E-state index is 12.4. The summed E-state index contributed by atoms with van der Waals surface area (Å²) >= 11 is 0. The highest BCUT2D eigenvalue weighted by Gasteiger charge is 2.13. The summed E-state index contributed by atoms with van der Waals surface area (Å²) in [5.41, 5.74) is 4.30. The largest absolute Gasteiger partial charge is 0.483 e. The standard InChI is InChI=1S/C27H28N2O6/c1-16-5-7-23(18(3)9-16)34-14-25(30)28-21-11-20(27(32)33)12-22(13-21)29-26(31)15-35-24-8-6-17(2)10-19(24)4/h5-13H,14-15H2,1-4H3,(H,28,30)(H,29,31)(H,32,33). The number of carbonyl (C=O) groups is 3. The summed E-state index contributed by atoms with van der Waals surface area (Å²) in [7, 11) is 0. The van der Waals surface area contributed by atoms with Crippen molar-refractivity contribution in [2.24, 2.45) is 0 Å². The topological polar surface area (TPSA) is 114 Å². The molecule has 0 atom stereocenters. The van der Waals surface area contributed by atoms with Crippen molar-refractivity contribution in [1.82, 2.24) is 0 Å². The van der Waals surface area contributed by atoms with Crippen LogP contribution in [0.25, 0.3) is 0 Å². The molecule has 3 rings (SSSR count). The van der Waals surface area contributed by atoms with Crippen molar-refractivity contribution >= 4 is 29.2 Å². The number of carboxylic acids is 1. The molecule has 3 N–H and O–H groups in total. The van der Waals surface area contributed by atoms with Crippen LogP contribution in [0.15, 0.2) is 54.6 Å². The normalized spacial score (nSPS) is 10.4. The van der Waals surface area contributed by atoms with E-state index in [1.54, 1.807) is 12.1 Å². The fraction of sp³-hybridized carbons (Fsp3) is 0.222. The van der Waals surface area contributed by atoms with Crippen LogP contribution in [0.5, 0.6) is 11.5 Å². The van der Waals surface area contributed by atoms with Crippen molar-refractivity contribution in [1.29, 1.82) is 0 Å². The van der Waals surface area contributed by atoms with Crippen LogP contribution < -0.4 is 20.1 Å². The fourth-order valence-corrected chi connectivity index (χ4v) is 3.50. The molecule has 0 radical (unpaired) electrons. The molecule has 8 heteroatoms. The predicted molar refractivity (Wildman–Crippen MR) is 133 cm³/mol. The van der Waals surface area contributed by atoms with E-state index >= 15 is 0 Å². The van der Waals surface area contributed by atoms with Crippen LogP contribution in [-0.2, 0) is 9.59 Å². The molecule has 0 bridgehead atoms. The van der Waals surface area contributed by atoms with E-state index in [9.17, 15) is 19.5 Å². The SMILES string of the molecule is Cc1ccc(OCC(=O)Nc2cc(NC(=O)COc3ccc(C)cc3C)cc(C(=O)O)c2)c(C)c1. The summed E-state index contributed by atoms with van der Waals surface area (Å²) in [6.45, 7) is 7.18. The molecule has 2 amide bonds. The number of carbonyl (C=O) groups excluding carboxylic acids is 2. The molecule has 0 aliphatic carbocycles. The molecule has 8 nitrogen and oxygen atoms in total. The number of aromatic carboxylic acids is 1. The summed E-state index contributed by atoms with van der Waals surface area (Å²) in [6, 6.07) is 15.3. The van der Waals surface area contributed by atoms with Gasteiger partial charge in [-0.1, -0.05) is 35.4 Å². The molecule has 0 spiro atoms. The number of hydrogen-bond donors (Lipinski definition) is 3. The molecule has 0 aromatic heterocycles. The van der Waals surface area contributed by atoms with Crippen LogP contribution in [0.1, 0.15) is 32.6 Å². The molecular weight excluding hydrogens is 448 g/mol. The first-order valence-corrected chi connectivity index (χ1v) is 11.0. The Hall–Kier alpha value is -4.33. The first kappa shape index (κ1) is 25.3. The van der Waals surface area contributed by atoms with Crippen LogP contribution in [0.2, 0.25) is 0 Å². The van der Waals surface area contributed by atoms with E-state index in [0.717, 1.165) is 22.3 Å². The highest BCUT2D eigenvalue weighted by atomic mass is 16.5. The third kappa shape index (κ3) is 7.33. The Kier molecular flexibility index (Phi) is 8.09. The van der Waals surface area contributed by atoms with Gasteiger partial charge in [0.25, 0.3) is 11.8 Å². The Morgan fingerprint density at radius 3 is 1.49 bits per heavy atom. The van der Waals surface area contributed by atoms with Gasteiger partial charge in [0.1, 0.15) is 11.5 Å². The van der Waals surface area contributed by atoms with Crippen LogP contribution >= 0.6 is 0 Å². The van der Waals surface area contributed by atoms with Gasteiger partial charge in [-0.05, 0) is 69.2 Å². The van der Waals surface area contributed by atoms with Gasteiger partial charge >= 0.3 is 5.97 Å². The van der Waals surface area contributed by atoms with Gasteiger partial charge in [0.05, 0.1) is 5.56 Å². The van der Waals surface area contributed by atoms with Gasteiger partial charge in [-0.2, -0.15) is 0 Å². The molecule has 0 aliphatic heterocycles. The quantitative estimate of drug-likeness (QED) is 0.414. The number of amides is 2. The van der Waals surface area contributed by atoms with E-state index in [-0.39, 0.29) is 30.2 Å². The number of hydrogen-bond acceptors (Lipinski definition) is 5. The fourth-order valence-electron chi connectivity index (χ4n) is 3.50. The van der Waals surface area contributed by atoms with Crippen LogP contribution in [-0.4, -0.2) is 36.1 Å². The number of carboxylic acid groups (broad SMARTS) is 1. The summed E-state index contributed by atoms with van der Waals surface area (Å²) in [5, 5.41) is 14.7. The minimum Gasteiger partial charge on any atom is -0.483 e. The van der Waals surface area contributed by atoms with Gasteiger partial charge in [-0.3, -0.25) is 9.59 Å². The van der Waals surface area contributed by atoms with Crippen molar-refractivity contribution < 1.29 is 29.0 Å². The molecule has 0 unspecified atom stereocenters. The summed E-state index contributed by atoms with van der Waals surface area (Å²) in [6.07, 6.45) is 0. The molecule has 3 aromatic rings. The second kappa shape index (κ2) is 11.2. The maximum absolute atomic E-state index is 12.4. The number of nitrogens with one attached hydrogen (secondary N) is 2. The summed E-state index contributed by atoms with van der Waals surface area (Å²) in [4.78, 5) is 36.4. The minimum atomic E-state index is -1.20. The highest BCUT2D eigenvalue weighted by Crippen LogP contribution is 2.22. The zero-order chi connectivity index (χ0) is 25.5. The molecule has 0 saturated carbocycles. The third-order valence-corrected chi connectivity index (χ3v) is 5.13. The van der Waals surface area contributed by atoms with Crippen molar-refractivity contribution in [3.63, 3.8) is 0 Å². The van der Waals surface area contributed by atoms with Crippen LogP contribution in [0.3, 0.4) is 0 Å². The number of anilines is 2. The first-order valence-electron chi connectivity index (χ1n) is 11.0. The van der Waals surface area contributed by atoms with Gasteiger partial charge in [0.2, 0.25) is 0 Å². The smallest absolute Gasteiger partial charge is 0.335 e. The number of benzene rings is 3. The second-order valence-corrected chi connectivity index (χ2v) is 8.32. The van der Waals surface area contributed by atoms with E-state index in [2.05, 4.69) is 10.6 Å².